The maximum atomic E-state index is 11.2. The molecular weight excluding hydrogens is 274 g/mol. The van der Waals surface area contributed by atoms with Gasteiger partial charge in [-0.25, -0.2) is 0 Å². The summed E-state index contributed by atoms with van der Waals surface area (Å²) in [5.74, 6) is -0.142. The summed E-state index contributed by atoms with van der Waals surface area (Å²) >= 11 is 0. The number of para-hydroxylation sites is 1. The van der Waals surface area contributed by atoms with E-state index >= 15 is 0 Å². The van der Waals surface area contributed by atoms with Crippen LogP contribution in [0.25, 0.3) is 0 Å². The summed E-state index contributed by atoms with van der Waals surface area (Å²) in [6.07, 6.45) is 12.9. The molecule has 3 heteroatoms. The number of rotatable bonds is 13. The van der Waals surface area contributed by atoms with Crippen molar-refractivity contribution in [3.05, 3.63) is 29.8 Å². The van der Waals surface area contributed by atoms with Crippen LogP contribution in [-0.4, -0.2) is 12.5 Å². The van der Waals surface area contributed by atoms with Crippen molar-refractivity contribution in [3.63, 3.8) is 0 Å². The first kappa shape index (κ1) is 18.5. The molecule has 0 aliphatic heterocycles. The van der Waals surface area contributed by atoms with Gasteiger partial charge in [-0.15, -0.1) is 0 Å². The summed E-state index contributed by atoms with van der Waals surface area (Å²) in [5, 5.41) is 0. The number of hydrogen-bond acceptors (Lipinski definition) is 2. The van der Waals surface area contributed by atoms with Crippen LogP contribution in [0.1, 0.15) is 81.5 Å². The van der Waals surface area contributed by atoms with Crippen molar-refractivity contribution >= 4 is 5.91 Å². The molecule has 1 radical (unpaired) electrons. The Morgan fingerprint density at radius 3 is 2.05 bits per heavy atom. The standard InChI is InChI=1S/C19H30NO2/c1-2-3-4-5-6-7-8-9-10-13-16-22-18-15-12-11-14-17(18)19(20)21/h11-12,14-15,20H,2-10,13,16H2,1H3. The molecule has 22 heavy (non-hydrogen) atoms. The van der Waals surface area contributed by atoms with E-state index in [0.717, 1.165) is 6.42 Å². The van der Waals surface area contributed by atoms with Crippen LogP contribution in [0.3, 0.4) is 0 Å². The summed E-state index contributed by atoms with van der Waals surface area (Å²) < 4.78 is 5.63. The molecule has 3 nitrogen and oxygen atoms in total. The van der Waals surface area contributed by atoms with Gasteiger partial charge in [-0.3, -0.25) is 10.5 Å². The Balaban J connectivity index is 2.01. The molecule has 1 N–H and O–H groups in total. The molecule has 0 saturated heterocycles. The third-order valence-electron chi connectivity index (χ3n) is 3.89. The maximum Gasteiger partial charge on any atom is 0.273 e. The molecule has 0 unspecified atom stereocenters. The maximum absolute atomic E-state index is 11.2. The van der Waals surface area contributed by atoms with Gasteiger partial charge < -0.3 is 4.74 Å². The lowest BCUT2D eigenvalue weighted by Crippen LogP contribution is -2.05. The average molecular weight is 304 g/mol. The van der Waals surface area contributed by atoms with E-state index in [-0.39, 0.29) is 0 Å². The molecule has 0 aliphatic carbocycles. The fraction of sp³-hybridized carbons (Fsp3) is 0.632. The normalized spacial score (nSPS) is 10.6. The molecule has 0 heterocycles. The highest BCUT2D eigenvalue weighted by Crippen LogP contribution is 2.18. The molecule has 1 rings (SSSR count). The second kappa shape index (κ2) is 12.1. The molecule has 123 valence electrons. The zero-order valence-electron chi connectivity index (χ0n) is 13.9. The van der Waals surface area contributed by atoms with Crippen molar-refractivity contribution in [2.75, 3.05) is 6.61 Å². The Morgan fingerprint density at radius 1 is 0.909 bits per heavy atom. The van der Waals surface area contributed by atoms with Crippen LogP contribution in [0.2, 0.25) is 0 Å². The minimum absolute atomic E-state index is 0.356. The van der Waals surface area contributed by atoms with E-state index in [2.05, 4.69) is 6.92 Å². The van der Waals surface area contributed by atoms with Crippen molar-refractivity contribution in [1.29, 1.82) is 0 Å². The zero-order valence-corrected chi connectivity index (χ0v) is 13.9. The first-order valence-electron chi connectivity index (χ1n) is 8.73. The zero-order chi connectivity index (χ0) is 16.0. The largest absolute Gasteiger partial charge is 0.493 e. The van der Waals surface area contributed by atoms with E-state index in [0.29, 0.717) is 17.9 Å². The summed E-state index contributed by atoms with van der Waals surface area (Å²) in [7, 11) is 0. The lowest BCUT2D eigenvalue weighted by molar-refractivity contribution is 0.0988. The minimum atomic E-state index is -0.682. The molecule has 0 atom stereocenters. The van der Waals surface area contributed by atoms with Crippen molar-refractivity contribution in [1.82, 2.24) is 5.73 Å². The van der Waals surface area contributed by atoms with Crippen molar-refractivity contribution in [2.24, 2.45) is 0 Å². The first-order valence-corrected chi connectivity index (χ1v) is 8.73. The van der Waals surface area contributed by atoms with Crippen molar-refractivity contribution in [3.8, 4) is 5.75 Å². The molecule has 0 aliphatic rings. The molecular formula is C19H30NO2. The molecule has 0 aromatic heterocycles. The first-order chi connectivity index (χ1) is 10.8. The molecule has 1 aromatic rings. The van der Waals surface area contributed by atoms with Gasteiger partial charge in [0, 0.05) is 0 Å². The van der Waals surface area contributed by atoms with E-state index in [9.17, 15) is 4.79 Å². The van der Waals surface area contributed by atoms with Gasteiger partial charge in [-0.1, -0.05) is 76.8 Å². The van der Waals surface area contributed by atoms with Gasteiger partial charge in [-0.05, 0) is 18.6 Å². The van der Waals surface area contributed by atoms with Gasteiger partial charge >= 0.3 is 0 Å². The minimum Gasteiger partial charge on any atom is -0.493 e. The van der Waals surface area contributed by atoms with Gasteiger partial charge in [0.1, 0.15) is 5.75 Å². The van der Waals surface area contributed by atoms with Gasteiger partial charge in [0.25, 0.3) is 5.91 Å². The third kappa shape index (κ3) is 8.06. The quantitative estimate of drug-likeness (QED) is 0.457. The molecule has 0 spiro atoms. The summed E-state index contributed by atoms with van der Waals surface area (Å²) in [4.78, 5) is 11.2. The Labute approximate surface area is 135 Å². The third-order valence-corrected chi connectivity index (χ3v) is 3.89. The molecule has 1 amide bonds. The van der Waals surface area contributed by atoms with Crippen LogP contribution < -0.4 is 10.5 Å². The van der Waals surface area contributed by atoms with Gasteiger partial charge in [0.05, 0.1) is 12.2 Å². The Kier molecular flexibility index (Phi) is 10.2. The number of benzene rings is 1. The second-order valence-electron chi connectivity index (χ2n) is 5.86. The fourth-order valence-corrected chi connectivity index (χ4v) is 2.55. The fourth-order valence-electron chi connectivity index (χ4n) is 2.55. The summed E-state index contributed by atoms with van der Waals surface area (Å²) in [6.45, 7) is 2.88. The van der Waals surface area contributed by atoms with Crippen LogP contribution in [0.5, 0.6) is 5.75 Å². The molecule has 1 aromatic carbocycles. The number of nitrogens with one attached hydrogen (secondary N) is 1. The predicted octanol–water partition coefficient (Wildman–Crippen LogP) is 5.41. The van der Waals surface area contributed by atoms with E-state index in [1.54, 1.807) is 18.2 Å². The van der Waals surface area contributed by atoms with Crippen LogP contribution in [0, 0.1) is 0 Å². The summed E-state index contributed by atoms with van der Waals surface area (Å²) in [6, 6.07) is 7.00. The Hall–Kier alpha value is -1.51. The Morgan fingerprint density at radius 2 is 1.45 bits per heavy atom. The van der Waals surface area contributed by atoms with Crippen molar-refractivity contribution < 1.29 is 9.53 Å². The van der Waals surface area contributed by atoms with Crippen molar-refractivity contribution in [2.45, 2.75) is 71.1 Å². The van der Waals surface area contributed by atoms with E-state index in [4.69, 9.17) is 10.5 Å². The lowest BCUT2D eigenvalue weighted by atomic mass is 10.1. The van der Waals surface area contributed by atoms with E-state index in [1.165, 1.54) is 57.8 Å². The number of carbonyl (C=O) groups excluding carboxylic acids is 1. The SMILES string of the molecule is CCCCCCCCCCCCOc1ccccc1C([NH])=O. The average Bonchev–Trinajstić information content (AvgIpc) is 2.53. The number of amides is 1. The molecule has 0 fully saturated rings. The van der Waals surface area contributed by atoms with Gasteiger partial charge in [0.15, 0.2) is 0 Å². The molecule has 0 saturated carbocycles. The number of hydrogen-bond donors (Lipinski definition) is 0. The van der Waals surface area contributed by atoms with Crippen LogP contribution in [-0.2, 0) is 0 Å². The second-order valence-corrected chi connectivity index (χ2v) is 5.86. The highest BCUT2D eigenvalue weighted by Gasteiger charge is 2.08. The summed E-state index contributed by atoms with van der Waals surface area (Å²) in [5.41, 5.74) is 7.55. The van der Waals surface area contributed by atoms with Gasteiger partial charge in [-0.2, -0.15) is 0 Å². The highest BCUT2D eigenvalue weighted by atomic mass is 16.5. The van der Waals surface area contributed by atoms with Crippen LogP contribution in [0.4, 0.5) is 0 Å². The smallest absolute Gasteiger partial charge is 0.273 e. The van der Waals surface area contributed by atoms with E-state index < -0.39 is 5.91 Å². The topological polar surface area (TPSA) is 50.1 Å². The monoisotopic (exact) mass is 304 g/mol. The number of ether oxygens (including phenoxy) is 1. The molecule has 0 bridgehead atoms. The van der Waals surface area contributed by atoms with Crippen LogP contribution in [0.15, 0.2) is 24.3 Å². The van der Waals surface area contributed by atoms with E-state index in [1.807, 2.05) is 6.07 Å². The van der Waals surface area contributed by atoms with Crippen LogP contribution >= 0.6 is 0 Å². The highest BCUT2D eigenvalue weighted by molar-refractivity contribution is 5.94. The number of unbranched alkanes of at least 4 members (excludes halogenated alkanes) is 9. The predicted molar refractivity (Wildman–Crippen MR) is 91.2 cm³/mol. The van der Waals surface area contributed by atoms with Gasteiger partial charge in [0.2, 0.25) is 0 Å². The Bertz CT molecular complexity index is 418. The lowest BCUT2D eigenvalue weighted by Gasteiger charge is -2.09. The number of carbonyl (C=O) groups is 1.